The first-order valence-electron chi connectivity index (χ1n) is 10.0. The lowest BCUT2D eigenvalue weighted by Crippen LogP contribution is -2.29. The summed E-state index contributed by atoms with van der Waals surface area (Å²) in [4.78, 5) is 26.0. The summed E-state index contributed by atoms with van der Waals surface area (Å²) < 4.78 is 3.17. The summed E-state index contributed by atoms with van der Waals surface area (Å²) >= 11 is 5.90. The Morgan fingerprint density at radius 2 is 1.62 bits per heavy atom. The summed E-state index contributed by atoms with van der Waals surface area (Å²) in [7, 11) is 0. The normalized spacial score (nSPS) is 11.2. The average Bonchev–Trinajstić information content (AvgIpc) is 3.24. The first-order chi connectivity index (χ1) is 15.5. The number of rotatable bonds is 4. The molecule has 0 bridgehead atoms. The number of hydrogen-bond donors (Lipinski definition) is 1. The maximum Gasteiger partial charge on any atom is 0.297 e. The van der Waals surface area contributed by atoms with E-state index in [1.165, 1.54) is 4.57 Å². The SMILES string of the molecule is Cc1ccc(-c2nnc3c(=O)n(CC(=O)Nc4ccc(Cl)cc4)c4ccccc4n23)cc1. The zero-order valence-corrected chi connectivity index (χ0v) is 17.9. The van der Waals surface area contributed by atoms with E-state index in [1.54, 1.807) is 28.7 Å². The van der Waals surface area contributed by atoms with Crippen molar-refractivity contribution >= 4 is 39.9 Å². The van der Waals surface area contributed by atoms with Gasteiger partial charge in [-0.1, -0.05) is 53.6 Å². The van der Waals surface area contributed by atoms with Gasteiger partial charge in [0.2, 0.25) is 11.6 Å². The van der Waals surface area contributed by atoms with Gasteiger partial charge in [-0.3, -0.25) is 18.6 Å². The van der Waals surface area contributed by atoms with Crippen LogP contribution < -0.4 is 10.9 Å². The number of carbonyl (C=O) groups excluding carboxylic acids is 1. The van der Waals surface area contributed by atoms with Gasteiger partial charge in [-0.25, -0.2) is 0 Å². The average molecular weight is 444 g/mol. The van der Waals surface area contributed by atoms with Gasteiger partial charge in [0.25, 0.3) is 5.56 Å². The van der Waals surface area contributed by atoms with Crippen molar-refractivity contribution in [3.8, 4) is 11.4 Å². The fraction of sp³-hybridized carbons (Fsp3) is 0.0833. The van der Waals surface area contributed by atoms with Crippen LogP contribution >= 0.6 is 11.6 Å². The number of nitrogens with zero attached hydrogens (tertiary/aromatic N) is 4. The quantitative estimate of drug-likeness (QED) is 0.448. The van der Waals surface area contributed by atoms with Gasteiger partial charge in [0.1, 0.15) is 6.54 Å². The fourth-order valence-corrected chi connectivity index (χ4v) is 3.81. The Hall–Kier alpha value is -3.97. The molecule has 5 aromatic rings. The molecule has 32 heavy (non-hydrogen) atoms. The number of anilines is 1. The zero-order valence-electron chi connectivity index (χ0n) is 17.1. The van der Waals surface area contributed by atoms with E-state index >= 15 is 0 Å². The Bertz CT molecular complexity index is 1520. The molecule has 2 heterocycles. The molecule has 5 rings (SSSR count). The molecule has 158 valence electrons. The summed E-state index contributed by atoms with van der Waals surface area (Å²) in [5.41, 5.74) is 3.71. The van der Waals surface area contributed by atoms with Gasteiger partial charge in [-0.2, -0.15) is 0 Å². The van der Waals surface area contributed by atoms with Crippen LogP contribution in [-0.2, 0) is 11.3 Å². The van der Waals surface area contributed by atoms with Crippen LogP contribution in [-0.4, -0.2) is 25.1 Å². The monoisotopic (exact) mass is 443 g/mol. The predicted molar refractivity (Wildman–Crippen MR) is 125 cm³/mol. The Morgan fingerprint density at radius 1 is 0.938 bits per heavy atom. The van der Waals surface area contributed by atoms with E-state index in [9.17, 15) is 9.59 Å². The molecule has 0 saturated carbocycles. The van der Waals surface area contributed by atoms with Gasteiger partial charge in [0.15, 0.2) is 5.82 Å². The number of fused-ring (bicyclic) bond motifs is 3. The highest BCUT2D eigenvalue weighted by molar-refractivity contribution is 6.30. The molecule has 0 fully saturated rings. The van der Waals surface area contributed by atoms with Crippen LogP contribution in [0.2, 0.25) is 5.02 Å². The maximum absolute atomic E-state index is 13.3. The molecular formula is C24H18ClN5O2. The molecule has 8 heteroatoms. The summed E-state index contributed by atoms with van der Waals surface area (Å²) in [5, 5.41) is 11.8. The van der Waals surface area contributed by atoms with Gasteiger partial charge in [0, 0.05) is 16.3 Å². The van der Waals surface area contributed by atoms with Crippen LogP contribution in [0, 0.1) is 6.92 Å². The standard InChI is InChI=1S/C24H18ClN5O2/c1-15-6-8-16(9-7-15)22-27-28-23-24(32)29(19-4-2-3-5-20(19)30(22)23)14-21(31)26-18-12-10-17(25)11-13-18/h2-13H,14H2,1H3,(H,26,31). The number of nitrogens with one attached hydrogen (secondary N) is 1. The zero-order chi connectivity index (χ0) is 22.2. The minimum absolute atomic E-state index is 0.162. The molecule has 3 aromatic carbocycles. The van der Waals surface area contributed by atoms with Crippen LogP contribution in [0.1, 0.15) is 5.56 Å². The second-order valence-corrected chi connectivity index (χ2v) is 7.92. The second kappa shape index (κ2) is 7.94. The van der Waals surface area contributed by atoms with Crippen molar-refractivity contribution in [3.63, 3.8) is 0 Å². The summed E-state index contributed by atoms with van der Waals surface area (Å²) in [5.74, 6) is 0.244. The first kappa shape index (κ1) is 20.0. The summed E-state index contributed by atoms with van der Waals surface area (Å²) in [6, 6.07) is 22.1. The molecule has 0 unspecified atom stereocenters. The number of aromatic nitrogens is 4. The van der Waals surface area contributed by atoms with Crippen molar-refractivity contribution in [2.45, 2.75) is 13.5 Å². The number of hydrogen-bond acceptors (Lipinski definition) is 4. The topological polar surface area (TPSA) is 81.3 Å². The van der Waals surface area contributed by atoms with E-state index in [-0.39, 0.29) is 23.7 Å². The van der Waals surface area contributed by atoms with Crippen molar-refractivity contribution < 1.29 is 4.79 Å². The number of aryl methyl sites for hydroxylation is 1. The molecule has 0 aliphatic heterocycles. The molecule has 0 aliphatic rings. The molecule has 0 radical (unpaired) electrons. The summed E-state index contributed by atoms with van der Waals surface area (Å²) in [6.45, 7) is 1.85. The lowest BCUT2D eigenvalue weighted by atomic mass is 10.1. The van der Waals surface area contributed by atoms with Crippen molar-refractivity contribution in [3.05, 3.63) is 93.7 Å². The molecule has 0 aliphatic carbocycles. The predicted octanol–water partition coefficient (Wildman–Crippen LogP) is 4.31. The number of carbonyl (C=O) groups is 1. The van der Waals surface area contributed by atoms with Crippen LogP contribution in [0.5, 0.6) is 0 Å². The lowest BCUT2D eigenvalue weighted by molar-refractivity contribution is -0.116. The van der Waals surface area contributed by atoms with E-state index in [0.29, 0.717) is 22.1 Å². The van der Waals surface area contributed by atoms with Crippen LogP contribution in [0.15, 0.2) is 77.6 Å². The molecule has 7 nitrogen and oxygen atoms in total. The van der Waals surface area contributed by atoms with Gasteiger partial charge < -0.3 is 5.32 Å². The highest BCUT2D eigenvalue weighted by Gasteiger charge is 2.18. The number of amides is 1. The van der Waals surface area contributed by atoms with E-state index in [2.05, 4.69) is 15.5 Å². The van der Waals surface area contributed by atoms with E-state index in [1.807, 2.05) is 55.5 Å². The van der Waals surface area contributed by atoms with Crippen molar-refractivity contribution in [1.82, 2.24) is 19.2 Å². The largest absolute Gasteiger partial charge is 0.325 e. The van der Waals surface area contributed by atoms with Crippen molar-refractivity contribution in [2.75, 3.05) is 5.32 Å². The van der Waals surface area contributed by atoms with E-state index in [4.69, 9.17) is 11.6 Å². The molecule has 0 spiro atoms. The van der Waals surface area contributed by atoms with Gasteiger partial charge in [-0.05, 0) is 43.3 Å². The molecule has 0 atom stereocenters. The minimum atomic E-state index is -0.388. The Balaban J connectivity index is 1.62. The third kappa shape index (κ3) is 3.52. The third-order valence-electron chi connectivity index (χ3n) is 5.25. The molecule has 1 amide bonds. The van der Waals surface area contributed by atoms with Crippen molar-refractivity contribution in [2.24, 2.45) is 0 Å². The van der Waals surface area contributed by atoms with Crippen LogP contribution in [0.4, 0.5) is 5.69 Å². The highest BCUT2D eigenvalue weighted by Crippen LogP contribution is 2.23. The first-order valence-corrected chi connectivity index (χ1v) is 10.4. The highest BCUT2D eigenvalue weighted by atomic mass is 35.5. The van der Waals surface area contributed by atoms with E-state index < -0.39 is 0 Å². The number of halogens is 1. The molecular weight excluding hydrogens is 426 g/mol. The number of para-hydroxylation sites is 2. The van der Waals surface area contributed by atoms with Crippen LogP contribution in [0.25, 0.3) is 28.1 Å². The Labute approximate surface area is 187 Å². The molecule has 1 N–H and O–H groups in total. The lowest BCUT2D eigenvalue weighted by Gasteiger charge is -2.13. The Morgan fingerprint density at radius 3 is 2.34 bits per heavy atom. The number of benzene rings is 3. The second-order valence-electron chi connectivity index (χ2n) is 7.48. The third-order valence-corrected chi connectivity index (χ3v) is 5.50. The Kier molecular flexibility index (Phi) is 4.95. The molecule has 0 saturated heterocycles. The minimum Gasteiger partial charge on any atom is -0.325 e. The maximum atomic E-state index is 13.3. The van der Waals surface area contributed by atoms with Gasteiger partial charge in [-0.15, -0.1) is 10.2 Å². The fourth-order valence-electron chi connectivity index (χ4n) is 3.69. The van der Waals surface area contributed by atoms with Gasteiger partial charge in [0.05, 0.1) is 11.0 Å². The molecule has 2 aromatic heterocycles. The van der Waals surface area contributed by atoms with Gasteiger partial charge >= 0.3 is 0 Å². The van der Waals surface area contributed by atoms with E-state index in [0.717, 1.165) is 16.6 Å². The summed E-state index contributed by atoms with van der Waals surface area (Å²) in [6.07, 6.45) is 0. The smallest absolute Gasteiger partial charge is 0.297 e. The van der Waals surface area contributed by atoms with Crippen molar-refractivity contribution in [1.29, 1.82) is 0 Å². The van der Waals surface area contributed by atoms with Crippen LogP contribution in [0.3, 0.4) is 0 Å².